The molecule has 3 aromatic carbocycles. The second kappa shape index (κ2) is 9.79. The molecule has 27 heavy (non-hydrogen) atoms. The number of benzene rings is 3. The van der Waals surface area contributed by atoms with Gasteiger partial charge in [-0.25, -0.2) is 0 Å². The van der Waals surface area contributed by atoms with Gasteiger partial charge < -0.3 is 14.8 Å². The maximum absolute atomic E-state index is 6.12. The molecule has 0 fully saturated rings. The van der Waals surface area contributed by atoms with E-state index in [4.69, 9.17) is 9.47 Å². The van der Waals surface area contributed by atoms with Gasteiger partial charge in [-0.1, -0.05) is 66.7 Å². The zero-order valence-corrected chi connectivity index (χ0v) is 16.0. The smallest absolute Gasteiger partial charge is 0.161 e. The molecule has 0 saturated carbocycles. The van der Waals surface area contributed by atoms with Crippen LogP contribution in [-0.4, -0.2) is 13.1 Å². The van der Waals surface area contributed by atoms with Gasteiger partial charge in [-0.15, -0.1) is 0 Å². The summed E-state index contributed by atoms with van der Waals surface area (Å²) < 4.78 is 12.2. The maximum Gasteiger partial charge on any atom is 0.161 e. The normalized spacial score (nSPS) is 11.8. The molecule has 0 aliphatic heterocycles. The first-order valence-corrected chi connectivity index (χ1v) is 9.38. The van der Waals surface area contributed by atoms with E-state index in [1.54, 1.807) is 0 Å². The molecule has 0 amide bonds. The first-order valence-electron chi connectivity index (χ1n) is 9.38. The van der Waals surface area contributed by atoms with Gasteiger partial charge in [0.25, 0.3) is 0 Å². The Morgan fingerprint density at radius 1 is 0.704 bits per heavy atom. The first-order chi connectivity index (χ1) is 13.2. The summed E-state index contributed by atoms with van der Waals surface area (Å²) in [7, 11) is 1.98. The summed E-state index contributed by atoms with van der Waals surface area (Å²) in [6, 6.07) is 27.0. The molecule has 0 aliphatic rings. The second-order valence-electron chi connectivity index (χ2n) is 6.72. The van der Waals surface area contributed by atoms with Gasteiger partial charge in [-0.2, -0.15) is 0 Å². The van der Waals surface area contributed by atoms with Crippen molar-refractivity contribution >= 4 is 0 Å². The summed E-state index contributed by atoms with van der Waals surface area (Å²) in [6.07, 6.45) is 0.942. The number of ether oxygens (including phenoxy) is 2. The molecule has 0 saturated heterocycles. The number of hydrogen-bond donors (Lipinski definition) is 1. The SMILES string of the molecule is CNC(C)Cc1ccc(OCc2ccccc2)c(OCc2ccccc2)c1. The van der Waals surface area contributed by atoms with Crippen molar-refractivity contribution in [2.24, 2.45) is 0 Å². The Balaban J connectivity index is 1.75. The predicted molar refractivity (Wildman–Crippen MR) is 110 cm³/mol. The van der Waals surface area contributed by atoms with Crippen LogP contribution in [0.15, 0.2) is 78.9 Å². The molecule has 140 valence electrons. The Morgan fingerprint density at radius 2 is 1.26 bits per heavy atom. The van der Waals surface area contributed by atoms with E-state index in [1.165, 1.54) is 5.56 Å². The fraction of sp³-hybridized carbons (Fsp3) is 0.250. The second-order valence-corrected chi connectivity index (χ2v) is 6.72. The lowest BCUT2D eigenvalue weighted by Crippen LogP contribution is -2.23. The van der Waals surface area contributed by atoms with Crippen LogP contribution in [0.1, 0.15) is 23.6 Å². The van der Waals surface area contributed by atoms with Crippen LogP contribution in [0.25, 0.3) is 0 Å². The minimum Gasteiger partial charge on any atom is -0.485 e. The Kier molecular flexibility index (Phi) is 6.89. The Bertz CT molecular complexity index is 818. The van der Waals surface area contributed by atoms with Crippen molar-refractivity contribution in [1.82, 2.24) is 5.32 Å². The molecule has 1 atom stereocenters. The molecular formula is C24H27NO2. The van der Waals surface area contributed by atoms with Crippen LogP contribution in [0.5, 0.6) is 11.5 Å². The number of nitrogens with one attached hydrogen (secondary N) is 1. The van der Waals surface area contributed by atoms with E-state index in [9.17, 15) is 0 Å². The third-order valence-corrected chi connectivity index (χ3v) is 4.52. The zero-order chi connectivity index (χ0) is 18.9. The van der Waals surface area contributed by atoms with Gasteiger partial charge in [0.15, 0.2) is 11.5 Å². The van der Waals surface area contributed by atoms with E-state index in [1.807, 2.05) is 49.5 Å². The summed E-state index contributed by atoms with van der Waals surface area (Å²) in [5, 5.41) is 3.28. The van der Waals surface area contributed by atoms with Crippen molar-refractivity contribution in [3.05, 3.63) is 95.6 Å². The Hall–Kier alpha value is -2.78. The summed E-state index contributed by atoms with van der Waals surface area (Å²) in [6.45, 7) is 3.21. The largest absolute Gasteiger partial charge is 0.485 e. The minimum absolute atomic E-state index is 0.406. The van der Waals surface area contributed by atoms with Crippen molar-refractivity contribution < 1.29 is 9.47 Å². The molecule has 0 heterocycles. The number of hydrogen-bond acceptors (Lipinski definition) is 3. The van der Waals surface area contributed by atoms with Crippen LogP contribution in [0.3, 0.4) is 0 Å². The average Bonchev–Trinajstić information content (AvgIpc) is 2.73. The first kappa shape index (κ1) is 19.0. The van der Waals surface area contributed by atoms with Crippen molar-refractivity contribution in [3.63, 3.8) is 0 Å². The molecule has 0 aromatic heterocycles. The Labute approximate surface area is 162 Å². The van der Waals surface area contributed by atoms with E-state index in [-0.39, 0.29) is 0 Å². The standard InChI is InChI=1S/C24H27NO2/c1-19(25-2)15-22-13-14-23(26-17-20-9-5-3-6-10-20)24(16-22)27-18-21-11-7-4-8-12-21/h3-14,16,19,25H,15,17-18H2,1-2H3. The van der Waals surface area contributed by atoms with Crippen LogP contribution < -0.4 is 14.8 Å². The number of likely N-dealkylation sites (N-methyl/N-ethyl adjacent to an activating group) is 1. The lowest BCUT2D eigenvalue weighted by atomic mass is 10.1. The maximum atomic E-state index is 6.12. The number of rotatable bonds is 9. The highest BCUT2D eigenvalue weighted by atomic mass is 16.5. The van der Waals surface area contributed by atoms with Crippen LogP contribution in [-0.2, 0) is 19.6 Å². The van der Waals surface area contributed by atoms with Crippen LogP contribution in [0.4, 0.5) is 0 Å². The van der Waals surface area contributed by atoms with Gasteiger partial charge >= 0.3 is 0 Å². The molecule has 3 nitrogen and oxygen atoms in total. The van der Waals surface area contributed by atoms with E-state index in [0.29, 0.717) is 19.3 Å². The predicted octanol–water partition coefficient (Wildman–Crippen LogP) is 5.00. The molecule has 0 bridgehead atoms. The Morgan fingerprint density at radius 3 is 1.81 bits per heavy atom. The van der Waals surface area contributed by atoms with E-state index < -0.39 is 0 Å². The third kappa shape index (κ3) is 5.87. The van der Waals surface area contributed by atoms with Gasteiger partial charge in [0.2, 0.25) is 0 Å². The summed E-state index contributed by atoms with van der Waals surface area (Å²) >= 11 is 0. The van der Waals surface area contributed by atoms with Gasteiger partial charge in [-0.3, -0.25) is 0 Å². The molecular weight excluding hydrogens is 334 g/mol. The molecule has 3 aromatic rings. The lowest BCUT2D eigenvalue weighted by Gasteiger charge is -2.16. The van der Waals surface area contributed by atoms with Gasteiger partial charge in [0.05, 0.1) is 0 Å². The van der Waals surface area contributed by atoms with Gasteiger partial charge in [0, 0.05) is 6.04 Å². The molecule has 0 spiro atoms. The fourth-order valence-electron chi connectivity index (χ4n) is 2.84. The highest BCUT2D eigenvalue weighted by Crippen LogP contribution is 2.30. The summed E-state index contributed by atoms with van der Waals surface area (Å²) in [5.74, 6) is 1.56. The monoisotopic (exact) mass is 361 g/mol. The van der Waals surface area contributed by atoms with Crippen molar-refractivity contribution in [1.29, 1.82) is 0 Å². The summed E-state index contributed by atoms with van der Waals surface area (Å²) in [4.78, 5) is 0. The quantitative estimate of drug-likeness (QED) is 0.582. The molecule has 0 aliphatic carbocycles. The topological polar surface area (TPSA) is 30.5 Å². The molecule has 1 unspecified atom stereocenters. The fourth-order valence-corrected chi connectivity index (χ4v) is 2.84. The average molecular weight is 361 g/mol. The van der Waals surface area contributed by atoms with Crippen LogP contribution in [0, 0.1) is 0 Å². The third-order valence-electron chi connectivity index (χ3n) is 4.52. The minimum atomic E-state index is 0.406. The highest BCUT2D eigenvalue weighted by molar-refractivity contribution is 5.43. The van der Waals surface area contributed by atoms with Crippen molar-refractivity contribution in [3.8, 4) is 11.5 Å². The van der Waals surface area contributed by atoms with Crippen LogP contribution >= 0.6 is 0 Å². The van der Waals surface area contributed by atoms with Crippen molar-refractivity contribution in [2.45, 2.75) is 32.6 Å². The van der Waals surface area contributed by atoms with Crippen molar-refractivity contribution in [2.75, 3.05) is 7.05 Å². The van der Waals surface area contributed by atoms with E-state index in [0.717, 1.165) is 29.0 Å². The van der Waals surface area contributed by atoms with Gasteiger partial charge in [0.1, 0.15) is 13.2 Å². The molecule has 3 heteroatoms. The summed E-state index contributed by atoms with van der Waals surface area (Å²) in [5.41, 5.74) is 3.51. The van der Waals surface area contributed by atoms with Crippen LogP contribution in [0.2, 0.25) is 0 Å². The molecule has 1 N–H and O–H groups in total. The van der Waals surface area contributed by atoms with Gasteiger partial charge in [-0.05, 0) is 49.2 Å². The van der Waals surface area contributed by atoms with E-state index in [2.05, 4.69) is 48.6 Å². The zero-order valence-electron chi connectivity index (χ0n) is 16.0. The van der Waals surface area contributed by atoms with E-state index >= 15 is 0 Å². The highest BCUT2D eigenvalue weighted by Gasteiger charge is 2.10. The molecule has 3 rings (SSSR count). The lowest BCUT2D eigenvalue weighted by molar-refractivity contribution is 0.255. The molecule has 0 radical (unpaired) electrons.